The lowest BCUT2D eigenvalue weighted by molar-refractivity contribution is -0.129. The van der Waals surface area contributed by atoms with E-state index in [1.807, 2.05) is 0 Å². The summed E-state index contributed by atoms with van der Waals surface area (Å²) in [6.07, 6.45) is -0.190. The van der Waals surface area contributed by atoms with Gasteiger partial charge >= 0.3 is 6.16 Å². The highest BCUT2D eigenvalue weighted by atomic mass is 79.9. The maximum absolute atomic E-state index is 11.1. The van der Waals surface area contributed by atoms with Gasteiger partial charge in [-0.25, -0.2) is 4.79 Å². The van der Waals surface area contributed by atoms with Gasteiger partial charge in [-0.1, -0.05) is 0 Å². The highest BCUT2D eigenvalue weighted by Crippen LogP contribution is 2.24. The molecule has 0 bridgehead atoms. The molecule has 1 aliphatic rings. The highest BCUT2D eigenvalue weighted by molar-refractivity contribution is 9.11. The van der Waals surface area contributed by atoms with Crippen LogP contribution >= 0.6 is 15.9 Å². The van der Waals surface area contributed by atoms with Crippen LogP contribution in [0.2, 0.25) is 0 Å². The zero-order chi connectivity index (χ0) is 10.0. The van der Waals surface area contributed by atoms with E-state index in [2.05, 4.69) is 20.7 Å². The summed E-state index contributed by atoms with van der Waals surface area (Å²) < 4.78 is 9.59. The Morgan fingerprint density at radius 3 is 2.69 bits per heavy atom. The number of hydrogen-bond donors (Lipinski definition) is 0. The number of carbonyl (C=O) groups excluding carboxylic acids is 2. The Bertz CT molecular complexity index is 276. The Kier molecular flexibility index (Phi) is 2.92. The Labute approximate surface area is 83.4 Å². The van der Waals surface area contributed by atoms with Crippen molar-refractivity contribution in [3.8, 4) is 0 Å². The van der Waals surface area contributed by atoms with E-state index in [9.17, 15) is 9.59 Å². The highest BCUT2D eigenvalue weighted by Gasteiger charge is 2.31. The van der Waals surface area contributed by atoms with Gasteiger partial charge in [0.15, 0.2) is 0 Å². The second-order valence-electron chi connectivity index (χ2n) is 2.40. The van der Waals surface area contributed by atoms with Gasteiger partial charge in [0.1, 0.15) is 0 Å². The molecule has 1 unspecified atom stereocenters. The van der Waals surface area contributed by atoms with Gasteiger partial charge in [0.2, 0.25) is 12.1 Å². The van der Waals surface area contributed by atoms with Crippen molar-refractivity contribution in [1.82, 2.24) is 4.90 Å². The van der Waals surface area contributed by atoms with Crippen LogP contribution in [0, 0.1) is 0 Å². The van der Waals surface area contributed by atoms with E-state index < -0.39 is 12.4 Å². The van der Waals surface area contributed by atoms with Crippen LogP contribution in [0.25, 0.3) is 0 Å². The molecule has 1 amide bonds. The average molecular weight is 250 g/mol. The summed E-state index contributed by atoms with van der Waals surface area (Å²) in [7, 11) is 2.73. The third-order valence-electron chi connectivity index (χ3n) is 1.57. The SMILES string of the molecule is COC(=O)OC1C(Br)=CC(=O)N1C. The maximum Gasteiger partial charge on any atom is 0.510 e. The summed E-state index contributed by atoms with van der Waals surface area (Å²) in [6, 6.07) is 0. The molecule has 13 heavy (non-hydrogen) atoms. The number of amides is 1. The van der Waals surface area contributed by atoms with Gasteiger partial charge in [0, 0.05) is 13.1 Å². The summed E-state index contributed by atoms with van der Waals surface area (Å²) in [5.41, 5.74) is 0. The van der Waals surface area contributed by atoms with Crippen molar-refractivity contribution in [3.63, 3.8) is 0 Å². The quantitative estimate of drug-likeness (QED) is 0.647. The van der Waals surface area contributed by atoms with Crippen molar-refractivity contribution in [1.29, 1.82) is 0 Å². The molecule has 1 aliphatic heterocycles. The lowest BCUT2D eigenvalue weighted by Crippen LogP contribution is -2.34. The van der Waals surface area contributed by atoms with Crippen LogP contribution in [0.4, 0.5) is 4.79 Å². The molecule has 0 saturated carbocycles. The lowest BCUT2D eigenvalue weighted by Gasteiger charge is -2.19. The molecule has 0 aromatic rings. The number of carbonyl (C=O) groups is 2. The molecule has 0 radical (unpaired) electrons. The largest absolute Gasteiger partial charge is 0.510 e. The van der Waals surface area contributed by atoms with Gasteiger partial charge in [0.25, 0.3) is 0 Å². The van der Waals surface area contributed by atoms with E-state index in [1.54, 1.807) is 0 Å². The first kappa shape index (κ1) is 10.0. The molecular formula is C7H8BrNO4. The summed E-state index contributed by atoms with van der Waals surface area (Å²) in [6.45, 7) is 0. The lowest BCUT2D eigenvalue weighted by atomic mass is 10.5. The molecule has 1 atom stereocenters. The number of likely N-dealkylation sites (N-methyl/N-ethyl adjacent to an activating group) is 1. The van der Waals surface area contributed by atoms with Gasteiger partial charge in [-0.3, -0.25) is 4.79 Å². The Morgan fingerprint density at radius 2 is 2.31 bits per heavy atom. The Morgan fingerprint density at radius 1 is 1.69 bits per heavy atom. The molecule has 0 aliphatic carbocycles. The Hall–Kier alpha value is -1.04. The summed E-state index contributed by atoms with van der Waals surface area (Å²) in [5.74, 6) is -0.222. The normalized spacial score (nSPS) is 21.5. The first-order valence-corrected chi connectivity index (χ1v) is 4.24. The fraction of sp³-hybridized carbons (Fsp3) is 0.429. The van der Waals surface area contributed by atoms with E-state index >= 15 is 0 Å². The molecule has 72 valence electrons. The first-order valence-electron chi connectivity index (χ1n) is 3.44. The van der Waals surface area contributed by atoms with Crippen molar-refractivity contribution >= 4 is 28.0 Å². The number of halogens is 1. The molecule has 0 spiro atoms. The van der Waals surface area contributed by atoms with E-state index in [0.717, 1.165) is 0 Å². The number of ether oxygens (including phenoxy) is 2. The monoisotopic (exact) mass is 249 g/mol. The van der Waals surface area contributed by atoms with Gasteiger partial charge in [-0.2, -0.15) is 0 Å². The standard InChI is InChI=1S/C7H8BrNO4/c1-9-5(10)3-4(8)6(9)13-7(11)12-2/h3,6H,1-2H3. The number of nitrogens with zero attached hydrogens (tertiary/aromatic N) is 1. The predicted molar refractivity (Wildman–Crippen MR) is 47.1 cm³/mol. The van der Waals surface area contributed by atoms with Gasteiger partial charge in [0.05, 0.1) is 11.6 Å². The van der Waals surface area contributed by atoms with Crippen LogP contribution in [0.3, 0.4) is 0 Å². The Balaban J connectivity index is 2.66. The fourth-order valence-electron chi connectivity index (χ4n) is 0.866. The molecule has 1 heterocycles. The minimum atomic E-state index is -0.822. The second-order valence-corrected chi connectivity index (χ2v) is 3.32. The first-order chi connectivity index (χ1) is 6.06. The van der Waals surface area contributed by atoms with Crippen molar-refractivity contribution < 1.29 is 19.1 Å². The number of rotatable bonds is 1. The zero-order valence-electron chi connectivity index (χ0n) is 7.11. The summed E-state index contributed by atoms with van der Waals surface area (Å²) in [5, 5.41) is 0. The molecule has 0 aromatic heterocycles. The molecule has 5 nitrogen and oxygen atoms in total. The van der Waals surface area contributed by atoms with Crippen molar-refractivity contribution in [2.24, 2.45) is 0 Å². The van der Waals surface area contributed by atoms with Crippen molar-refractivity contribution in [3.05, 3.63) is 10.6 Å². The number of hydrogen-bond acceptors (Lipinski definition) is 4. The predicted octanol–water partition coefficient (Wildman–Crippen LogP) is 0.846. The topological polar surface area (TPSA) is 55.8 Å². The van der Waals surface area contributed by atoms with E-state index in [4.69, 9.17) is 4.74 Å². The molecule has 0 fully saturated rings. The van der Waals surface area contributed by atoms with Crippen LogP contribution in [0.1, 0.15) is 0 Å². The molecule has 6 heteroatoms. The zero-order valence-corrected chi connectivity index (χ0v) is 8.70. The summed E-state index contributed by atoms with van der Waals surface area (Å²) in [4.78, 5) is 23.1. The van der Waals surface area contributed by atoms with Crippen LogP contribution in [0.15, 0.2) is 10.6 Å². The van der Waals surface area contributed by atoms with E-state index in [0.29, 0.717) is 4.48 Å². The van der Waals surface area contributed by atoms with Crippen LogP contribution in [-0.2, 0) is 14.3 Å². The van der Waals surface area contributed by atoms with E-state index in [-0.39, 0.29) is 5.91 Å². The molecule has 0 aromatic carbocycles. The number of methoxy groups -OCH3 is 1. The maximum atomic E-state index is 11.1. The van der Waals surface area contributed by atoms with Gasteiger partial charge in [-0.05, 0) is 15.9 Å². The van der Waals surface area contributed by atoms with Crippen molar-refractivity contribution in [2.45, 2.75) is 6.23 Å². The van der Waals surface area contributed by atoms with Crippen LogP contribution in [-0.4, -0.2) is 37.3 Å². The molecule has 1 rings (SSSR count). The smallest absolute Gasteiger partial charge is 0.438 e. The van der Waals surface area contributed by atoms with Crippen LogP contribution in [0.5, 0.6) is 0 Å². The third kappa shape index (κ3) is 2.00. The van der Waals surface area contributed by atoms with Crippen LogP contribution < -0.4 is 0 Å². The third-order valence-corrected chi connectivity index (χ3v) is 2.19. The van der Waals surface area contributed by atoms with Gasteiger partial charge < -0.3 is 14.4 Å². The molecular weight excluding hydrogens is 242 g/mol. The average Bonchev–Trinajstić information content (AvgIpc) is 2.32. The second kappa shape index (κ2) is 3.78. The molecule has 0 N–H and O–H groups in total. The summed E-state index contributed by atoms with van der Waals surface area (Å²) >= 11 is 3.11. The van der Waals surface area contributed by atoms with Gasteiger partial charge in [-0.15, -0.1) is 0 Å². The minimum Gasteiger partial charge on any atom is -0.438 e. The molecule has 0 saturated heterocycles. The van der Waals surface area contributed by atoms with E-state index in [1.165, 1.54) is 25.1 Å². The fourth-order valence-corrected chi connectivity index (χ4v) is 1.46. The minimum absolute atomic E-state index is 0.222. The van der Waals surface area contributed by atoms with Crippen molar-refractivity contribution in [2.75, 3.05) is 14.2 Å².